The van der Waals surface area contributed by atoms with Crippen molar-refractivity contribution in [3.63, 3.8) is 0 Å². The number of hydrogen-bond acceptors (Lipinski definition) is 5. The lowest BCUT2D eigenvalue weighted by Gasteiger charge is -2.22. The van der Waals surface area contributed by atoms with Gasteiger partial charge in [0.25, 0.3) is 0 Å². The number of amides is 1. The molecule has 1 amide bonds. The number of aliphatic hydroxyl groups is 3. The number of alkyl carbamates (subject to hydrolysis) is 1. The van der Waals surface area contributed by atoms with Crippen molar-refractivity contribution < 1.29 is 29.2 Å². The number of rotatable bonds is 5. The van der Waals surface area contributed by atoms with Gasteiger partial charge in [-0.1, -0.05) is 12.1 Å². The van der Waals surface area contributed by atoms with Crippen molar-refractivity contribution in [2.24, 2.45) is 0 Å². The van der Waals surface area contributed by atoms with Crippen molar-refractivity contribution in [2.45, 2.75) is 45.2 Å². The first kappa shape index (κ1) is 18.3. The van der Waals surface area contributed by atoms with Crippen LogP contribution in [0.3, 0.4) is 0 Å². The monoisotopic (exact) mass is 315 g/mol. The smallest absolute Gasteiger partial charge is 0.407 e. The predicted molar refractivity (Wildman–Crippen MR) is 77.5 cm³/mol. The molecule has 4 N–H and O–H groups in total. The summed E-state index contributed by atoms with van der Waals surface area (Å²) in [6.07, 6.45) is -3.43. The first-order valence-electron chi connectivity index (χ1n) is 6.86. The topological polar surface area (TPSA) is 99.0 Å². The van der Waals surface area contributed by atoms with Crippen LogP contribution < -0.4 is 5.32 Å². The summed E-state index contributed by atoms with van der Waals surface area (Å²) < 4.78 is 18.5. The van der Waals surface area contributed by atoms with Crippen molar-refractivity contribution in [1.29, 1.82) is 0 Å². The van der Waals surface area contributed by atoms with Gasteiger partial charge in [0.2, 0.25) is 0 Å². The molecule has 0 radical (unpaired) electrons. The van der Waals surface area contributed by atoms with Gasteiger partial charge < -0.3 is 25.4 Å². The van der Waals surface area contributed by atoms with E-state index in [2.05, 4.69) is 5.32 Å². The lowest BCUT2D eigenvalue weighted by molar-refractivity contribution is 0.0128. The molecule has 1 aromatic rings. The zero-order valence-electron chi connectivity index (χ0n) is 12.8. The summed E-state index contributed by atoms with van der Waals surface area (Å²) in [5, 5.41) is 31.0. The fourth-order valence-corrected chi connectivity index (χ4v) is 1.71. The first-order chi connectivity index (χ1) is 10.1. The molecule has 2 atom stereocenters. The third-order valence-corrected chi connectivity index (χ3v) is 2.81. The van der Waals surface area contributed by atoms with E-state index in [0.29, 0.717) is 0 Å². The minimum Gasteiger partial charge on any atom is -0.444 e. The van der Waals surface area contributed by atoms with Crippen LogP contribution in [0.25, 0.3) is 0 Å². The molecule has 0 saturated heterocycles. The second-order valence-corrected chi connectivity index (χ2v) is 5.90. The lowest BCUT2D eigenvalue weighted by Crippen LogP contribution is -2.38. The Labute approximate surface area is 128 Å². The third-order valence-electron chi connectivity index (χ3n) is 2.81. The average molecular weight is 315 g/mol. The fourth-order valence-electron chi connectivity index (χ4n) is 1.71. The largest absolute Gasteiger partial charge is 0.444 e. The molecule has 0 aromatic heterocycles. The summed E-state index contributed by atoms with van der Waals surface area (Å²) in [7, 11) is 0. The standard InChI is InChI=1S/C15H22FNO5/c1-15(2,3)22-14(21)17-7-12(19)13(20)9-4-5-10(8-18)11(16)6-9/h4-6,12-13,18-20H,7-8H2,1-3H3,(H,17,21). The molecule has 0 bridgehead atoms. The van der Waals surface area contributed by atoms with Crippen LogP contribution in [0.5, 0.6) is 0 Å². The molecule has 124 valence electrons. The molecule has 1 aromatic carbocycles. The Morgan fingerprint density at radius 2 is 2.00 bits per heavy atom. The number of carbonyl (C=O) groups is 1. The van der Waals surface area contributed by atoms with Gasteiger partial charge in [-0.05, 0) is 32.4 Å². The first-order valence-corrected chi connectivity index (χ1v) is 6.86. The summed E-state index contributed by atoms with van der Waals surface area (Å²) in [6, 6.07) is 3.75. The number of ether oxygens (including phenoxy) is 1. The van der Waals surface area contributed by atoms with Crippen molar-refractivity contribution in [2.75, 3.05) is 6.54 Å². The Morgan fingerprint density at radius 1 is 1.36 bits per heavy atom. The second kappa shape index (κ2) is 7.53. The molecule has 0 fully saturated rings. The molecule has 1 rings (SSSR count). The quantitative estimate of drug-likeness (QED) is 0.655. The third kappa shape index (κ3) is 5.59. The highest BCUT2D eigenvalue weighted by atomic mass is 19.1. The van der Waals surface area contributed by atoms with Crippen LogP contribution in [0.2, 0.25) is 0 Å². The van der Waals surface area contributed by atoms with E-state index in [1.54, 1.807) is 20.8 Å². The SMILES string of the molecule is CC(C)(C)OC(=O)NCC(O)C(O)c1ccc(CO)c(F)c1. The van der Waals surface area contributed by atoms with Crippen molar-refractivity contribution in [1.82, 2.24) is 5.32 Å². The highest BCUT2D eigenvalue weighted by Crippen LogP contribution is 2.20. The fraction of sp³-hybridized carbons (Fsp3) is 0.533. The number of aliphatic hydroxyl groups excluding tert-OH is 3. The Balaban J connectivity index is 2.60. The zero-order valence-corrected chi connectivity index (χ0v) is 12.8. The molecule has 0 spiro atoms. The molecule has 6 nitrogen and oxygen atoms in total. The van der Waals surface area contributed by atoms with E-state index in [-0.39, 0.29) is 17.7 Å². The summed E-state index contributed by atoms with van der Waals surface area (Å²) >= 11 is 0. The van der Waals surface area contributed by atoms with E-state index in [4.69, 9.17) is 9.84 Å². The minimum absolute atomic E-state index is 0.0947. The van der Waals surface area contributed by atoms with Gasteiger partial charge in [0.15, 0.2) is 0 Å². The Bertz CT molecular complexity index is 515. The van der Waals surface area contributed by atoms with E-state index < -0.39 is 36.3 Å². The normalized spacial score (nSPS) is 14.3. The molecule has 0 saturated carbocycles. The number of halogens is 1. The Morgan fingerprint density at radius 3 is 2.50 bits per heavy atom. The molecule has 7 heteroatoms. The van der Waals surface area contributed by atoms with E-state index in [1.807, 2.05) is 0 Å². The Hall–Kier alpha value is -1.70. The van der Waals surface area contributed by atoms with Crippen molar-refractivity contribution in [3.8, 4) is 0 Å². The van der Waals surface area contributed by atoms with Gasteiger partial charge in [0.1, 0.15) is 23.6 Å². The van der Waals surface area contributed by atoms with Crippen LogP contribution in [0, 0.1) is 5.82 Å². The predicted octanol–water partition coefficient (Wildman–Crippen LogP) is 1.24. The molecule has 0 aliphatic rings. The molecule has 2 unspecified atom stereocenters. The van der Waals surface area contributed by atoms with E-state index in [0.717, 1.165) is 6.07 Å². The van der Waals surface area contributed by atoms with Gasteiger partial charge in [-0.2, -0.15) is 0 Å². The van der Waals surface area contributed by atoms with Crippen LogP contribution in [0.15, 0.2) is 18.2 Å². The van der Waals surface area contributed by atoms with E-state index >= 15 is 0 Å². The van der Waals surface area contributed by atoms with Crippen LogP contribution in [-0.2, 0) is 11.3 Å². The number of hydrogen-bond donors (Lipinski definition) is 4. The van der Waals surface area contributed by atoms with Gasteiger partial charge >= 0.3 is 6.09 Å². The van der Waals surface area contributed by atoms with Crippen molar-refractivity contribution >= 4 is 6.09 Å². The maximum Gasteiger partial charge on any atom is 0.407 e. The molecule has 0 heterocycles. The zero-order chi connectivity index (χ0) is 16.9. The van der Waals surface area contributed by atoms with Crippen LogP contribution in [0.4, 0.5) is 9.18 Å². The van der Waals surface area contributed by atoms with Crippen LogP contribution >= 0.6 is 0 Å². The van der Waals surface area contributed by atoms with E-state index in [9.17, 15) is 19.4 Å². The summed E-state index contributed by atoms with van der Waals surface area (Å²) in [4.78, 5) is 11.4. The van der Waals surface area contributed by atoms with Gasteiger partial charge in [-0.15, -0.1) is 0 Å². The summed E-state index contributed by atoms with van der Waals surface area (Å²) in [5.74, 6) is -0.675. The van der Waals surface area contributed by atoms with Crippen molar-refractivity contribution in [3.05, 3.63) is 35.1 Å². The average Bonchev–Trinajstić information content (AvgIpc) is 2.42. The molecule has 0 aliphatic heterocycles. The molecule has 22 heavy (non-hydrogen) atoms. The molecular formula is C15H22FNO5. The van der Waals surface area contributed by atoms with Gasteiger partial charge in [0, 0.05) is 12.1 Å². The minimum atomic E-state index is -1.38. The molecular weight excluding hydrogens is 293 g/mol. The Kier molecular flexibility index (Phi) is 6.28. The summed E-state index contributed by atoms with van der Waals surface area (Å²) in [6.45, 7) is 4.39. The number of benzene rings is 1. The lowest BCUT2D eigenvalue weighted by atomic mass is 10.0. The molecule has 0 aliphatic carbocycles. The van der Waals surface area contributed by atoms with Gasteiger partial charge in [-0.25, -0.2) is 9.18 Å². The maximum absolute atomic E-state index is 13.5. The highest BCUT2D eigenvalue weighted by Gasteiger charge is 2.22. The van der Waals surface area contributed by atoms with Gasteiger partial charge in [-0.3, -0.25) is 0 Å². The maximum atomic E-state index is 13.5. The van der Waals surface area contributed by atoms with E-state index in [1.165, 1.54) is 12.1 Å². The van der Waals surface area contributed by atoms with Gasteiger partial charge in [0.05, 0.1) is 6.61 Å². The number of carbonyl (C=O) groups excluding carboxylic acids is 1. The number of nitrogens with one attached hydrogen (secondary N) is 1. The highest BCUT2D eigenvalue weighted by molar-refractivity contribution is 5.67. The van der Waals surface area contributed by atoms with Crippen LogP contribution in [-0.4, -0.2) is 39.7 Å². The summed E-state index contributed by atoms with van der Waals surface area (Å²) in [5.41, 5.74) is -0.429. The van der Waals surface area contributed by atoms with Crippen LogP contribution in [0.1, 0.15) is 38.0 Å². The second-order valence-electron chi connectivity index (χ2n) is 5.90.